The maximum Gasteiger partial charge on any atom is 0.475 e. The van der Waals surface area contributed by atoms with Crippen LogP contribution in [0.4, 0.5) is 39.5 Å². The van der Waals surface area contributed by atoms with Crippen LogP contribution in [0.5, 0.6) is 0 Å². The molecule has 20 heteroatoms. The molecule has 0 N–H and O–H groups in total. The maximum absolute atomic E-state index is 13.8. The van der Waals surface area contributed by atoms with E-state index >= 15 is 0 Å². The van der Waals surface area contributed by atoms with E-state index in [-0.39, 0.29) is 0 Å². The average molecular weight is 860 g/mol. The molecule has 0 aliphatic rings. The predicted molar refractivity (Wildman–Crippen MR) is 105 cm³/mol. The highest BCUT2D eigenvalue weighted by atomic mass is 79.9. The fourth-order valence-electron chi connectivity index (χ4n) is 0.838. The molecule has 0 amide bonds. The van der Waals surface area contributed by atoms with E-state index < -0.39 is 55.9 Å². The lowest BCUT2D eigenvalue weighted by Gasteiger charge is -2.29. The Kier molecular flexibility index (Phi) is 11.2. The smallest absolute Gasteiger partial charge is 0.282 e. The monoisotopic (exact) mass is 853 g/mol. The van der Waals surface area contributed by atoms with Gasteiger partial charge in [0.15, 0.2) is 0 Å². The van der Waals surface area contributed by atoms with E-state index in [1.54, 1.807) is 47.8 Å². The fraction of sp³-hybridized carbons (Fsp3) is 1.00. The summed E-state index contributed by atoms with van der Waals surface area (Å²) < 4.78 is 133. The molecule has 0 saturated carbocycles. The Morgan fingerprint density at radius 1 is 0.517 bits per heavy atom. The summed E-state index contributed by atoms with van der Waals surface area (Å²) in [6.07, 6.45) is 0. The van der Waals surface area contributed by atoms with Crippen molar-refractivity contribution in [3.63, 3.8) is 0 Å². The molecule has 0 aromatic carbocycles. The quantitative estimate of drug-likeness (QED) is 0.113. The maximum atomic E-state index is 13.8. The highest BCUT2D eigenvalue weighted by Gasteiger charge is 2.57. The van der Waals surface area contributed by atoms with Gasteiger partial charge in [-0.3, -0.25) is 13.6 Å². The number of hydrogen-bond acceptors (Lipinski definition) is 4. The molecule has 0 spiro atoms. The van der Waals surface area contributed by atoms with Crippen LogP contribution >= 0.6 is 103 Å². The molecule has 0 saturated heterocycles. The van der Waals surface area contributed by atoms with Gasteiger partial charge in [0.2, 0.25) is 0 Å². The van der Waals surface area contributed by atoms with Gasteiger partial charge in [-0.25, -0.2) is 17.7 Å². The molecule has 4 nitrogen and oxygen atoms in total. The van der Waals surface area contributed by atoms with Crippen LogP contribution < -0.4 is 0 Å². The van der Waals surface area contributed by atoms with Crippen LogP contribution in [0.25, 0.3) is 0 Å². The van der Waals surface area contributed by atoms with Crippen molar-refractivity contribution in [1.29, 1.82) is 0 Å². The first-order chi connectivity index (χ1) is 12.4. The van der Waals surface area contributed by atoms with Gasteiger partial charge < -0.3 is 0 Å². The van der Waals surface area contributed by atoms with Crippen LogP contribution in [0.1, 0.15) is 0 Å². The Morgan fingerprint density at radius 2 is 0.690 bits per heavy atom. The van der Waals surface area contributed by atoms with Crippen molar-refractivity contribution in [1.82, 2.24) is 0 Å². The van der Waals surface area contributed by atoms with Gasteiger partial charge in [-0.1, -0.05) is 0 Å². The molecule has 0 bridgehead atoms. The molecule has 0 rings (SSSR count). The van der Waals surface area contributed by atoms with Gasteiger partial charge >= 0.3 is 22.3 Å². The second-order valence-corrected chi connectivity index (χ2v) is 13.3. The van der Waals surface area contributed by atoms with Crippen molar-refractivity contribution in [2.45, 2.75) is 28.2 Å². The lowest BCUT2D eigenvalue weighted by molar-refractivity contribution is -0.0534. The van der Waals surface area contributed by atoms with E-state index in [9.17, 15) is 44.1 Å². The number of hydrogen-bond donors (Lipinski definition) is 0. The van der Waals surface area contributed by atoms with E-state index in [0.717, 1.165) is 0 Å². The number of phosphoric ester groups is 1. The van der Waals surface area contributed by atoms with Gasteiger partial charge in [0.05, 0.1) is 0 Å². The minimum Gasteiger partial charge on any atom is -0.282 e. The van der Waals surface area contributed by atoms with E-state index in [1.165, 1.54) is 0 Å². The highest BCUT2D eigenvalue weighted by Crippen LogP contribution is 2.57. The minimum atomic E-state index is -5.59. The van der Waals surface area contributed by atoms with Crippen molar-refractivity contribution in [2.24, 2.45) is 0 Å². The Balaban J connectivity index is 5.56. The highest BCUT2D eigenvalue weighted by molar-refractivity contribution is 9.13. The van der Waals surface area contributed by atoms with Gasteiger partial charge in [0.25, 0.3) is 13.7 Å². The number of alkyl halides is 15. The second-order valence-electron chi connectivity index (χ2n) is 4.87. The summed E-state index contributed by atoms with van der Waals surface area (Å²) in [4.78, 5) is -13.1. The molecule has 176 valence electrons. The van der Waals surface area contributed by atoms with E-state index in [1.807, 2.05) is 47.8 Å². The number of rotatable bonds is 12. The molecule has 0 aliphatic carbocycles. The lowest BCUT2D eigenvalue weighted by Crippen LogP contribution is -2.40. The SMILES string of the molecule is O=P(OCC(F)(Br)C(F)(F)Br)(OCC(F)(Br)C(F)(F)Br)OCC(F)(Br)C(F)(F)Br. The number of halogens is 15. The zero-order chi connectivity index (χ0) is 23.7. The van der Waals surface area contributed by atoms with Gasteiger partial charge in [-0.2, -0.15) is 26.3 Å². The van der Waals surface area contributed by atoms with E-state index in [2.05, 4.69) is 13.6 Å². The van der Waals surface area contributed by atoms with Crippen LogP contribution in [-0.4, -0.2) is 48.1 Å². The predicted octanol–water partition coefficient (Wildman–Crippen LogP) is 8.29. The Labute approximate surface area is 207 Å². The molecule has 29 heavy (non-hydrogen) atoms. The van der Waals surface area contributed by atoms with Crippen LogP contribution in [0, 0.1) is 0 Å². The standard InChI is InChI=1S/C9H6Br6F9O4P/c10-4(16,7(13,19)20)1-26-29(25,27-2-5(11,17)8(14,21)22)28-3-6(12,18)9(15,23)24/h1-3H2. The van der Waals surface area contributed by atoms with Crippen LogP contribution in [0.2, 0.25) is 0 Å². The second kappa shape index (κ2) is 10.3. The zero-order valence-corrected chi connectivity index (χ0v) is 23.3. The Hall–Kier alpha value is 2.36. The van der Waals surface area contributed by atoms with Crippen LogP contribution in [0.15, 0.2) is 0 Å². The summed E-state index contributed by atoms with van der Waals surface area (Å²) in [6, 6.07) is 0. The summed E-state index contributed by atoms with van der Waals surface area (Å²) in [5.41, 5.74) is 0. The third kappa shape index (κ3) is 9.63. The van der Waals surface area contributed by atoms with Crippen LogP contribution in [-0.2, 0) is 18.1 Å². The number of phosphoric acid groups is 1. The van der Waals surface area contributed by atoms with Crippen LogP contribution in [0.3, 0.4) is 0 Å². The van der Waals surface area contributed by atoms with Crippen molar-refractivity contribution >= 4 is 103 Å². The van der Waals surface area contributed by atoms with Crippen molar-refractivity contribution < 1.29 is 57.7 Å². The summed E-state index contributed by atoms with van der Waals surface area (Å²) in [7, 11) is -5.59. The molecule has 0 aromatic heterocycles. The van der Waals surface area contributed by atoms with Gasteiger partial charge in [-0.15, -0.1) is 0 Å². The Bertz CT molecular complexity index is 526. The third-order valence-corrected chi connectivity index (χ3v) is 9.45. The van der Waals surface area contributed by atoms with Crippen molar-refractivity contribution in [3.8, 4) is 0 Å². The Morgan fingerprint density at radius 3 is 0.828 bits per heavy atom. The molecule has 3 atom stereocenters. The summed E-state index contributed by atoms with van der Waals surface area (Å²) in [5, 5.41) is 0. The minimum absolute atomic E-state index is 1.61. The zero-order valence-electron chi connectivity index (χ0n) is 12.9. The first kappa shape index (κ1) is 31.4. The molecule has 0 aliphatic heterocycles. The van der Waals surface area contributed by atoms with Gasteiger partial charge in [0, 0.05) is 0 Å². The third-order valence-electron chi connectivity index (χ3n) is 2.46. The molecule has 0 aromatic rings. The first-order valence-corrected chi connectivity index (χ1v) is 12.5. The van der Waals surface area contributed by atoms with Crippen molar-refractivity contribution in [3.05, 3.63) is 0 Å². The fourth-order valence-corrected chi connectivity index (χ4v) is 3.29. The largest absolute Gasteiger partial charge is 0.475 e. The first-order valence-electron chi connectivity index (χ1n) is 6.24. The topological polar surface area (TPSA) is 44.8 Å². The lowest BCUT2D eigenvalue weighted by atomic mass is 10.4. The van der Waals surface area contributed by atoms with Gasteiger partial charge in [-0.05, 0) is 95.6 Å². The van der Waals surface area contributed by atoms with Crippen molar-refractivity contribution in [2.75, 3.05) is 19.8 Å². The van der Waals surface area contributed by atoms with Gasteiger partial charge in [0.1, 0.15) is 19.8 Å². The molecular formula is C9H6Br6F9O4P. The summed E-state index contributed by atoms with van der Waals surface area (Å²) in [5.74, 6) is 0. The molecule has 0 radical (unpaired) electrons. The molecule has 3 unspecified atom stereocenters. The summed E-state index contributed by atoms with van der Waals surface area (Å²) >= 11 is 10.4. The average Bonchev–Trinajstić information content (AvgIpc) is 2.46. The van der Waals surface area contributed by atoms with E-state index in [4.69, 9.17) is 0 Å². The van der Waals surface area contributed by atoms with E-state index in [0.29, 0.717) is 0 Å². The molecule has 0 fully saturated rings. The summed E-state index contributed by atoms with van der Waals surface area (Å²) in [6.45, 7) is -5.75. The molecule has 0 heterocycles. The normalized spacial score (nSPS) is 22.3. The molecular weight excluding hydrogens is 853 g/mol.